The molecule has 10 aromatic carbocycles. The van der Waals surface area contributed by atoms with Gasteiger partial charge in [-0.15, -0.1) is 0 Å². The highest BCUT2D eigenvalue weighted by molar-refractivity contribution is 6.25. The zero-order valence-corrected chi connectivity index (χ0v) is 33.8. The second-order valence-corrected chi connectivity index (χ2v) is 16.5. The summed E-state index contributed by atoms with van der Waals surface area (Å²) in [5.74, 6) is 0. The Labute approximate surface area is 360 Å². The van der Waals surface area contributed by atoms with Gasteiger partial charge in [-0.3, -0.25) is 4.98 Å². The quantitative estimate of drug-likeness (QED) is 0.167. The molecule has 0 unspecified atom stereocenters. The van der Waals surface area contributed by atoms with Gasteiger partial charge in [-0.1, -0.05) is 170 Å². The van der Waals surface area contributed by atoms with Crippen molar-refractivity contribution in [3.8, 4) is 33.8 Å². The van der Waals surface area contributed by atoms with Gasteiger partial charge in [-0.05, 0) is 46.7 Å². The minimum absolute atomic E-state index is 0.830. The molecule has 63 heavy (non-hydrogen) atoms. The van der Waals surface area contributed by atoms with E-state index in [-0.39, 0.29) is 0 Å². The third-order valence-electron chi connectivity index (χ3n) is 13.1. The number of fused-ring (bicyclic) bond motifs is 16. The molecule has 4 heterocycles. The molecule has 5 nitrogen and oxygen atoms in total. The third-order valence-corrected chi connectivity index (χ3v) is 13.1. The lowest BCUT2D eigenvalue weighted by Crippen LogP contribution is -1.99. The number of aromatic nitrogens is 4. The van der Waals surface area contributed by atoms with Gasteiger partial charge in [-0.25, -0.2) is 4.98 Å². The molecule has 0 saturated heterocycles. The minimum atomic E-state index is 0.830. The lowest BCUT2D eigenvalue weighted by atomic mass is 9.99. The number of rotatable bonds is 4. The number of para-hydroxylation sites is 4. The van der Waals surface area contributed by atoms with E-state index in [0.717, 1.165) is 99.6 Å². The molecule has 0 bridgehead atoms. The Hall–Kier alpha value is -8.54. The predicted molar refractivity (Wildman–Crippen MR) is 261 cm³/mol. The first-order chi connectivity index (χ1) is 31.3. The van der Waals surface area contributed by atoms with Gasteiger partial charge in [0.2, 0.25) is 0 Å². The molecule has 14 rings (SSSR count). The molecule has 4 aromatic heterocycles. The van der Waals surface area contributed by atoms with E-state index < -0.39 is 0 Å². The van der Waals surface area contributed by atoms with Crippen molar-refractivity contribution in [3.63, 3.8) is 0 Å². The summed E-state index contributed by atoms with van der Waals surface area (Å²) >= 11 is 0. The standard InChI is InChI=1S/C58H34N4O/c1-2-15-35(16-3-1)38-25-13-26-47-48-27-14-30-52(58(48)63-57(38)47)62-51-29-11-9-22-42(51)46-32-31-45-41-21-8-10-28-50(41)61(55(45)56(46)62)37-18-12-17-36(33-37)49-34-59-53-43-23-6-4-19-39(43)40-20-5-7-24-44(40)54(53)60-49/h1-34H. The second-order valence-electron chi connectivity index (χ2n) is 16.5. The number of furan rings is 1. The van der Waals surface area contributed by atoms with Crippen LogP contribution in [0.3, 0.4) is 0 Å². The molecule has 0 aliphatic heterocycles. The molecular formula is C58H34N4O. The molecule has 0 fully saturated rings. The van der Waals surface area contributed by atoms with Crippen LogP contribution >= 0.6 is 0 Å². The van der Waals surface area contributed by atoms with Gasteiger partial charge in [-0.2, -0.15) is 0 Å². The maximum Gasteiger partial charge on any atom is 0.159 e. The minimum Gasteiger partial charge on any atom is -0.453 e. The van der Waals surface area contributed by atoms with E-state index in [1.165, 1.54) is 32.3 Å². The Kier molecular flexibility index (Phi) is 7.05. The fourth-order valence-corrected chi connectivity index (χ4v) is 10.4. The highest BCUT2D eigenvalue weighted by atomic mass is 16.3. The average molecular weight is 803 g/mol. The van der Waals surface area contributed by atoms with E-state index in [9.17, 15) is 0 Å². The third kappa shape index (κ3) is 4.82. The smallest absolute Gasteiger partial charge is 0.159 e. The molecule has 0 radical (unpaired) electrons. The highest BCUT2D eigenvalue weighted by Crippen LogP contribution is 2.45. The number of benzene rings is 10. The maximum absolute atomic E-state index is 7.08. The predicted octanol–water partition coefficient (Wildman–Crippen LogP) is 15.4. The normalized spacial score (nSPS) is 12.1. The van der Waals surface area contributed by atoms with Crippen molar-refractivity contribution in [2.24, 2.45) is 0 Å². The summed E-state index contributed by atoms with van der Waals surface area (Å²) in [4.78, 5) is 10.5. The molecule has 14 aromatic rings. The van der Waals surface area contributed by atoms with Crippen molar-refractivity contribution < 1.29 is 4.42 Å². The Bertz CT molecular complexity index is 4180. The van der Waals surface area contributed by atoms with E-state index >= 15 is 0 Å². The molecule has 0 aliphatic carbocycles. The first-order valence-electron chi connectivity index (χ1n) is 21.4. The van der Waals surface area contributed by atoms with Crippen molar-refractivity contribution in [2.45, 2.75) is 0 Å². The van der Waals surface area contributed by atoms with Gasteiger partial charge in [0.25, 0.3) is 0 Å². The van der Waals surface area contributed by atoms with Gasteiger partial charge in [0.05, 0.1) is 50.7 Å². The molecule has 0 amide bonds. The van der Waals surface area contributed by atoms with Crippen molar-refractivity contribution in [2.75, 3.05) is 0 Å². The lowest BCUT2D eigenvalue weighted by molar-refractivity contribution is 0.667. The summed E-state index contributed by atoms with van der Waals surface area (Å²) in [6.07, 6.45) is 1.93. The molecule has 5 heteroatoms. The zero-order valence-electron chi connectivity index (χ0n) is 33.8. The number of hydrogen-bond donors (Lipinski definition) is 0. The summed E-state index contributed by atoms with van der Waals surface area (Å²) in [7, 11) is 0. The zero-order chi connectivity index (χ0) is 41.2. The Morgan fingerprint density at radius 1 is 0.365 bits per heavy atom. The highest BCUT2D eigenvalue weighted by Gasteiger charge is 2.24. The van der Waals surface area contributed by atoms with E-state index in [1.807, 2.05) is 6.20 Å². The van der Waals surface area contributed by atoms with Crippen LogP contribution in [0.4, 0.5) is 0 Å². The Balaban J connectivity index is 1.05. The topological polar surface area (TPSA) is 48.8 Å². The Morgan fingerprint density at radius 2 is 0.905 bits per heavy atom. The van der Waals surface area contributed by atoms with Gasteiger partial charge in [0.1, 0.15) is 5.58 Å². The van der Waals surface area contributed by atoms with Crippen molar-refractivity contribution in [1.29, 1.82) is 0 Å². The molecule has 0 saturated carbocycles. The summed E-state index contributed by atoms with van der Waals surface area (Å²) in [6, 6.07) is 71.5. The molecule has 0 atom stereocenters. The first-order valence-corrected chi connectivity index (χ1v) is 21.4. The van der Waals surface area contributed by atoms with E-state index in [2.05, 4.69) is 209 Å². The number of nitrogens with zero attached hydrogens (tertiary/aromatic N) is 4. The largest absolute Gasteiger partial charge is 0.453 e. The first kappa shape index (κ1) is 34.2. The van der Waals surface area contributed by atoms with Crippen molar-refractivity contribution in [3.05, 3.63) is 206 Å². The van der Waals surface area contributed by atoms with Crippen LogP contribution in [0.5, 0.6) is 0 Å². The summed E-state index contributed by atoms with van der Waals surface area (Å²) in [5, 5.41) is 11.5. The van der Waals surface area contributed by atoms with Crippen LogP contribution in [0, 0.1) is 0 Å². The summed E-state index contributed by atoms with van der Waals surface area (Å²) in [5.41, 5.74) is 14.1. The van der Waals surface area contributed by atoms with Crippen LogP contribution in [0.15, 0.2) is 211 Å². The van der Waals surface area contributed by atoms with Crippen LogP contribution in [-0.4, -0.2) is 19.1 Å². The second kappa shape index (κ2) is 13.0. The van der Waals surface area contributed by atoms with Crippen LogP contribution in [0.25, 0.3) is 132 Å². The fourth-order valence-electron chi connectivity index (χ4n) is 10.4. The van der Waals surface area contributed by atoms with Crippen LogP contribution in [0.2, 0.25) is 0 Å². The van der Waals surface area contributed by atoms with Crippen molar-refractivity contribution >= 4 is 98.1 Å². The lowest BCUT2D eigenvalue weighted by Gasteiger charge is -2.14. The molecule has 292 valence electrons. The monoisotopic (exact) mass is 802 g/mol. The fraction of sp³-hybridized carbons (Fsp3) is 0. The van der Waals surface area contributed by atoms with E-state index in [0.29, 0.717) is 0 Å². The SMILES string of the molecule is c1ccc(-c2cccc3c2oc2c(-n4c5ccccc5c5ccc6c7ccccc7n(-c7cccc(-c8cnc9c%10ccccc%10c%10ccccc%10c9n8)c7)c6c54)cccc23)cc1. The average Bonchev–Trinajstić information content (AvgIpc) is 4.02. The van der Waals surface area contributed by atoms with Crippen LogP contribution in [-0.2, 0) is 0 Å². The molecule has 0 spiro atoms. The maximum atomic E-state index is 7.08. The van der Waals surface area contributed by atoms with Gasteiger partial charge in [0, 0.05) is 59.9 Å². The summed E-state index contributed by atoms with van der Waals surface area (Å²) in [6.45, 7) is 0. The molecule has 0 aliphatic rings. The van der Waals surface area contributed by atoms with Gasteiger partial charge in [0.15, 0.2) is 5.58 Å². The molecular weight excluding hydrogens is 769 g/mol. The van der Waals surface area contributed by atoms with Crippen LogP contribution < -0.4 is 0 Å². The molecule has 0 N–H and O–H groups in total. The van der Waals surface area contributed by atoms with E-state index in [4.69, 9.17) is 14.4 Å². The Morgan fingerprint density at radius 3 is 1.63 bits per heavy atom. The summed E-state index contributed by atoms with van der Waals surface area (Å²) < 4.78 is 12.0. The van der Waals surface area contributed by atoms with Crippen molar-refractivity contribution in [1.82, 2.24) is 19.1 Å². The number of hydrogen-bond acceptors (Lipinski definition) is 3. The van der Waals surface area contributed by atoms with E-state index in [1.54, 1.807) is 0 Å². The van der Waals surface area contributed by atoms with Gasteiger partial charge >= 0.3 is 0 Å². The van der Waals surface area contributed by atoms with Crippen LogP contribution in [0.1, 0.15) is 0 Å². The van der Waals surface area contributed by atoms with Gasteiger partial charge < -0.3 is 13.6 Å².